The second-order valence-corrected chi connectivity index (χ2v) is 7.56. The number of hydrogen-bond donors (Lipinski definition) is 0. The van der Waals surface area contributed by atoms with E-state index in [9.17, 15) is 0 Å². The molecule has 0 N–H and O–H groups in total. The molecule has 3 heteroatoms. The van der Waals surface area contributed by atoms with Crippen molar-refractivity contribution in [1.29, 1.82) is 0 Å². The largest absolute Gasteiger partial charge is 0.308 e. The van der Waals surface area contributed by atoms with Crippen LogP contribution in [0.5, 0.6) is 0 Å². The molecule has 118 valence electrons. The van der Waals surface area contributed by atoms with Crippen LogP contribution in [0.1, 0.15) is 51.9 Å². The lowest BCUT2D eigenvalue weighted by molar-refractivity contribution is 0.0222. The molecule has 0 spiro atoms. The highest BCUT2D eigenvalue weighted by molar-refractivity contribution is 4.92. The van der Waals surface area contributed by atoms with Crippen molar-refractivity contribution in [2.75, 3.05) is 47.3 Å². The van der Waals surface area contributed by atoms with E-state index in [4.69, 9.17) is 0 Å². The fraction of sp³-hybridized carbons (Fsp3) is 1.00. The molecule has 1 saturated carbocycles. The maximum Gasteiger partial charge on any atom is 0.0181 e. The SMILES string of the molecule is CN(C)CCN(C)C1CCN(C2(C)CCCCC2)CC1. The summed E-state index contributed by atoms with van der Waals surface area (Å²) < 4.78 is 0. The van der Waals surface area contributed by atoms with Crippen LogP contribution in [-0.2, 0) is 0 Å². The third kappa shape index (κ3) is 4.19. The molecule has 0 aromatic rings. The third-order valence-electron chi connectivity index (χ3n) is 5.68. The van der Waals surface area contributed by atoms with Crippen molar-refractivity contribution in [2.24, 2.45) is 0 Å². The molecule has 0 unspecified atom stereocenters. The fourth-order valence-corrected chi connectivity index (χ4v) is 4.02. The Balaban J connectivity index is 1.77. The molecule has 0 atom stereocenters. The molecule has 1 saturated heterocycles. The predicted molar refractivity (Wildman–Crippen MR) is 87.3 cm³/mol. The Morgan fingerprint density at radius 2 is 1.55 bits per heavy atom. The summed E-state index contributed by atoms with van der Waals surface area (Å²) in [5, 5.41) is 0. The van der Waals surface area contributed by atoms with E-state index < -0.39 is 0 Å². The van der Waals surface area contributed by atoms with E-state index in [2.05, 4.69) is 42.8 Å². The van der Waals surface area contributed by atoms with Crippen molar-refractivity contribution in [3.63, 3.8) is 0 Å². The quantitative estimate of drug-likeness (QED) is 0.767. The van der Waals surface area contributed by atoms with Gasteiger partial charge in [0.25, 0.3) is 0 Å². The first-order valence-electron chi connectivity index (χ1n) is 8.61. The zero-order valence-corrected chi connectivity index (χ0v) is 14.2. The van der Waals surface area contributed by atoms with Crippen LogP contribution in [0.15, 0.2) is 0 Å². The van der Waals surface area contributed by atoms with E-state index in [1.54, 1.807) is 0 Å². The minimum Gasteiger partial charge on any atom is -0.308 e. The maximum absolute atomic E-state index is 2.81. The third-order valence-corrected chi connectivity index (χ3v) is 5.68. The van der Waals surface area contributed by atoms with Crippen molar-refractivity contribution in [3.05, 3.63) is 0 Å². The molecule has 1 heterocycles. The molecule has 2 rings (SSSR count). The Hall–Kier alpha value is -0.120. The van der Waals surface area contributed by atoms with Gasteiger partial charge in [-0.15, -0.1) is 0 Å². The standard InChI is InChI=1S/C17H35N3/c1-17(10-6-5-7-11-17)20-12-8-16(9-13-20)19(4)15-14-18(2)3/h16H,5-15H2,1-4H3. The van der Waals surface area contributed by atoms with E-state index >= 15 is 0 Å². The summed E-state index contributed by atoms with van der Waals surface area (Å²) in [5.41, 5.74) is 0.519. The average Bonchev–Trinajstić information content (AvgIpc) is 2.45. The smallest absolute Gasteiger partial charge is 0.0181 e. The highest BCUT2D eigenvalue weighted by Gasteiger charge is 2.35. The van der Waals surface area contributed by atoms with Crippen molar-refractivity contribution < 1.29 is 0 Å². The van der Waals surface area contributed by atoms with Gasteiger partial charge in [-0.25, -0.2) is 0 Å². The maximum atomic E-state index is 2.81. The Morgan fingerprint density at radius 3 is 2.10 bits per heavy atom. The zero-order chi connectivity index (χ0) is 14.6. The molecular weight excluding hydrogens is 246 g/mol. The van der Waals surface area contributed by atoms with Crippen molar-refractivity contribution in [3.8, 4) is 0 Å². The van der Waals surface area contributed by atoms with E-state index in [-0.39, 0.29) is 0 Å². The second kappa shape index (κ2) is 7.24. The van der Waals surface area contributed by atoms with Crippen LogP contribution in [0.4, 0.5) is 0 Å². The molecule has 0 aromatic heterocycles. The summed E-state index contributed by atoms with van der Waals surface area (Å²) in [4.78, 5) is 7.68. The van der Waals surface area contributed by atoms with Crippen molar-refractivity contribution in [2.45, 2.75) is 63.5 Å². The Bertz CT molecular complexity index is 276. The minimum atomic E-state index is 0.519. The van der Waals surface area contributed by atoms with Gasteiger partial charge in [-0.05, 0) is 53.8 Å². The molecule has 2 aliphatic rings. The molecule has 0 radical (unpaired) electrons. The molecular formula is C17H35N3. The highest BCUT2D eigenvalue weighted by Crippen LogP contribution is 2.35. The van der Waals surface area contributed by atoms with Gasteiger partial charge in [-0.1, -0.05) is 19.3 Å². The zero-order valence-electron chi connectivity index (χ0n) is 14.2. The highest BCUT2D eigenvalue weighted by atomic mass is 15.2. The van der Waals surface area contributed by atoms with E-state index in [1.165, 1.54) is 71.1 Å². The van der Waals surface area contributed by atoms with Crippen LogP contribution in [0.25, 0.3) is 0 Å². The van der Waals surface area contributed by atoms with E-state index in [0.717, 1.165) is 6.04 Å². The Morgan fingerprint density at radius 1 is 0.950 bits per heavy atom. The molecule has 0 amide bonds. The Labute approximate surface area is 126 Å². The number of rotatable bonds is 5. The van der Waals surface area contributed by atoms with Crippen LogP contribution in [-0.4, -0.2) is 73.6 Å². The summed E-state index contributed by atoms with van der Waals surface area (Å²) in [7, 11) is 6.65. The van der Waals surface area contributed by atoms with E-state index in [1.807, 2.05) is 0 Å². The van der Waals surface area contributed by atoms with Gasteiger partial charge in [0.1, 0.15) is 0 Å². The minimum absolute atomic E-state index is 0.519. The van der Waals surface area contributed by atoms with Crippen LogP contribution in [0.2, 0.25) is 0 Å². The van der Waals surface area contributed by atoms with Gasteiger partial charge in [-0.2, -0.15) is 0 Å². The lowest BCUT2D eigenvalue weighted by Crippen LogP contribution is -2.54. The molecule has 1 aliphatic carbocycles. The van der Waals surface area contributed by atoms with Crippen LogP contribution >= 0.6 is 0 Å². The number of nitrogens with zero attached hydrogens (tertiary/aromatic N) is 3. The van der Waals surface area contributed by atoms with Crippen molar-refractivity contribution in [1.82, 2.24) is 14.7 Å². The topological polar surface area (TPSA) is 9.72 Å². The van der Waals surface area contributed by atoms with Crippen LogP contribution in [0, 0.1) is 0 Å². The van der Waals surface area contributed by atoms with Gasteiger partial charge >= 0.3 is 0 Å². The second-order valence-electron chi connectivity index (χ2n) is 7.56. The van der Waals surface area contributed by atoms with Crippen LogP contribution in [0.3, 0.4) is 0 Å². The summed E-state index contributed by atoms with van der Waals surface area (Å²) >= 11 is 0. The van der Waals surface area contributed by atoms with Gasteiger partial charge in [0.15, 0.2) is 0 Å². The lowest BCUT2D eigenvalue weighted by atomic mass is 9.80. The normalized spacial score (nSPS) is 25.5. The summed E-state index contributed by atoms with van der Waals surface area (Å²) in [6.45, 7) is 7.52. The van der Waals surface area contributed by atoms with Gasteiger partial charge < -0.3 is 9.80 Å². The van der Waals surface area contributed by atoms with Gasteiger partial charge in [0.2, 0.25) is 0 Å². The Kier molecular flexibility index (Phi) is 5.88. The monoisotopic (exact) mass is 281 g/mol. The first-order chi connectivity index (χ1) is 9.51. The molecule has 0 bridgehead atoms. The molecule has 20 heavy (non-hydrogen) atoms. The molecule has 0 aromatic carbocycles. The van der Waals surface area contributed by atoms with E-state index in [0.29, 0.717) is 5.54 Å². The predicted octanol–water partition coefficient (Wildman–Crippen LogP) is 2.67. The van der Waals surface area contributed by atoms with Crippen LogP contribution < -0.4 is 0 Å². The summed E-state index contributed by atoms with van der Waals surface area (Å²) in [6, 6.07) is 0.804. The fourth-order valence-electron chi connectivity index (χ4n) is 4.02. The first kappa shape index (κ1) is 16.3. The molecule has 3 nitrogen and oxygen atoms in total. The van der Waals surface area contributed by atoms with Gasteiger partial charge in [-0.3, -0.25) is 4.90 Å². The van der Waals surface area contributed by atoms with Gasteiger partial charge in [0, 0.05) is 37.8 Å². The molecule has 1 aliphatic heterocycles. The number of piperidine rings is 1. The first-order valence-corrected chi connectivity index (χ1v) is 8.61. The number of likely N-dealkylation sites (tertiary alicyclic amines) is 1. The lowest BCUT2D eigenvalue weighted by Gasteiger charge is -2.48. The summed E-state index contributed by atoms with van der Waals surface area (Å²) in [6.07, 6.45) is 9.92. The van der Waals surface area contributed by atoms with Crippen molar-refractivity contribution >= 4 is 0 Å². The van der Waals surface area contributed by atoms with Gasteiger partial charge in [0.05, 0.1) is 0 Å². The average molecular weight is 281 g/mol. The summed E-state index contributed by atoms with van der Waals surface area (Å²) in [5.74, 6) is 0. The number of likely N-dealkylation sites (N-methyl/N-ethyl adjacent to an activating group) is 2. The molecule has 2 fully saturated rings. The number of hydrogen-bond acceptors (Lipinski definition) is 3.